The second-order valence-electron chi connectivity index (χ2n) is 5.51. The van der Waals surface area contributed by atoms with Crippen LogP contribution in [0.2, 0.25) is 0 Å². The van der Waals surface area contributed by atoms with Crippen molar-refractivity contribution in [3.05, 3.63) is 41.7 Å². The van der Waals surface area contributed by atoms with Crippen LogP contribution < -0.4 is 26.8 Å². The molecule has 1 aliphatic rings. The van der Waals surface area contributed by atoms with Gasteiger partial charge >= 0.3 is 136 Å². The molecule has 1 N–H and O–H groups in total. The summed E-state index contributed by atoms with van der Waals surface area (Å²) in [6.07, 6.45) is 0. The van der Waals surface area contributed by atoms with Gasteiger partial charge < -0.3 is 0 Å². The first-order valence-corrected chi connectivity index (χ1v) is 8.51. The van der Waals surface area contributed by atoms with Crippen LogP contribution in [0, 0.1) is 29.6 Å². The second-order valence-corrected chi connectivity index (χ2v) is 8.52. The predicted octanol–water partition coefficient (Wildman–Crippen LogP) is -1.50. The van der Waals surface area contributed by atoms with Crippen molar-refractivity contribution >= 4 is 11.4 Å². The van der Waals surface area contributed by atoms with E-state index in [0.29, 0.717) is 13.1 Å². The number of nitrogens with zero attached hydrogens (tertiary/aromatic N) is 3. The average Bonchev–Trinajstić information content (AvgIpc) is 2.36. The molecule has 0 unspecified atom stereocenters. The van der Waals surface area contributed by atoms with Crippen molar-refractivity contribution in [1.82, 2.24) is 8.43 Å². The first-order valence-electron chi connectivity index (χ1n) is 6.47. The summed E-state index contributed by atoms with van der Waals surface area (Å²) >= 11 is -0.970. The van der Waals surface area contributed by atoms with Crippen LogP contribution in [0.5, 0.6) is 0 Å². The SMILES string of the molecule is CC1(C)CN([I-]c2cc(F)c([N+](=O)[O-])cc2[N+](=O)[O-])CCN1. The summed E-state index contributed by atoms with van der Waals surface area (Å²) in [6.45, 7) is 6.19. The number of benzene rings is 1. The third kappa shape index (κ3) is 3.87. The Kier molecular flexibility index (Phi) is 4.92. The van der Waals surface area contributed by atoms with Crippen LogP contribution in [-0.4, -0.2) is 38.1 Å². The molecule has 0 atom stereocenters. The number of hydrogen-bond acceptors (Lipinski definition) is 6. The van der Waals surface area contributed by atoms with E-state index in [1.807, 2.05) is 13.8 Å². The minimum atomic E-state index is -1.03. The van der Waals surface area contributed by atoms with E-state index in [2.05, 4.69) is 8.43 Å². The summed E-state index contributed by atoms with van der Waals surface area (Å²) in [5.41, 5.74) is -1.36. The molecule has 122 valence electrons. The molecular weight excluding hydrogens is 410 g/mol. The molecule has 0 saturated carbocycles. The van der Waals surface area contributed by atoms with Crippen molar-refractivity contribution in [2.24, 2.45) is 0 Å². The quantitative estimate of drug-likeness (QED) is 0.273. The molecule has 1 heterocycles. The molecule has 0 radical (unpaired) electrons. The fourth-order valence-electron chi connectivity index (χ4n) is 2.15. The van der Waals surface area contributed by atoms with Gasteiger partial charge in [0, 0.05) is 0 Å². The van der Waals surface area contributed by atoms with Crippen molar-refractivity contribution in [2.45, 2.75) is 19.4 Å². The third-order valence-corrected chi connectivity index (χ3v) is 6.03. The fraction of sp³-hybridized carbons (Fsp3) is 0.500. The van der Waals surface area contributed by atoms with Gasteiger partial charge in [-0.1, -0.05) is 0 Å². The number of rotatable bonds is 4. The van der Waals surface area contributed by atoms with E-state index in [4.69, 9.17) is 0 Å². The van der Waals surface area contributed by atoms with Gasteiger partial charge in [0.25, 0.3) is 0 Å². The Morgan fingerprint density at radius 2 is 1.91 bits per heavy atom. The van der Waals surface area contributed by atoms with Crippen molar-refractivity contribution in [1.29, 1.82) is 0 Å². The first-order chi connectivity index (χ1) is 10.2. The number of nitrogens with one attached hydrogen (secondary N) is 1. The van der Waals surface area contributed by atoms with Gasteiger partial charge in [0.05, 0.1) is 0 Å². The van der Waals surface area contributed by atoms with Crippen LogP contribution in [0.1, 0.15) is 13.8 Å². The molecule has 1 fully saturated rings. The summed E-state index contributed by atoms with van der Waals surface area (Å²) in [6, 6.07) is 1.66. The molecule has 0 aliphatic carbocycles. The van der Waals surface area contributed by atoms with Gasteiger partial charge in [0.15, 0.2) is 0 Å². The molecule has 1 aliphatic heterocycles. The Balaban J connectivity index is 2.32. The molecule has 0 aromatic heterocycles. The van der Waals surface area contributed by atoms with Gasteiger partial charge in [-0.3, -0.25) is 0 Å². The average molecular weight is 425 g/mol. The van der Waals surface area contributed by atoms with E-state index >= 15 is 0 Å². The van der Waals surface area contributed by atoms with Gasteiger partial charge in [-0.15, -0.1) is 0 Å². The molecule has 8 nitrogen and oxygen atoms in total. The zero-order valence-electron chi connectivity index (χ0n) is 12.0. The van der Waals surface area contributed by atoms with Crippen molar-refractivity contribution < 1.29 is 35.7 Å². The third-order valence-electron chi connectivity index (χ3n) is 3.15. The molecule has 2 rings (SSSR count). The maximum absolute atomic E-state index is 13.8. The topological polar surface area (TPSA) is 102 Å². The van der Waals surface area contributed by atoms with Crippen LogP contribution in [0.25, 0.3) is 0 Å². The van der Waals surface area contributed by atoms with Gasteiger partial charge in [-0.2, -0.15) is 0 Å². The molecule has 1 saturated heterocycles. The van der Waals surface area contributed by atoms with Gasteiger partial charge in [0.1, 0.15) is 0 Å². The summed E-state index contributed by atoms with van der Waals surface area (Å²) in [5, 5.41) is 25.2. The molecule has 0 spiro atoms. The Hall–Kier alpha value is -1.40. The summed E-state index contributed by atoms with van der Waals surface area (Å²) in [5.74, 6) is -1.03. The first kappa shape index (κ1) is 17.0. The van der Waals surface area contributed by atoms with Gasteiger partial charge in [-0.25, -0.2) is 0 Å². The van der Waals surface area contributed by atoms with Gasteiger partial charge in [0.2, 0.25) is 0 Å². The number of nitro groups is 2. The predicted molar refractivity (Wildman–Crippen MR) is 72.1 cm³/mol. The number of nitro benzene ring substituents is 2. The van der Waals surface area contributed by atoms with Crippen LogP contribution >= 0.6 is 0 Å². The normalized spacial score (nSPS) is 18.3. The molecule has 22 heavy (non-hydrogen) atoms. The summed E-state index contributed by atoms with van der Waals surface area (Å²) < 4.78 is 16.1. The van der Waals surface area contributed by atoms with Crippen LogP contribution in [0.15, 0.2) is 12.1 Å². The number of hydrogen-bond donors (Lipinski definition) is 1. The molecule has 10 heteroatoms. The Labute approximate surface area is 136 Å². The van der Waals surface area contributed by atoms with E-state index in [1.54, 1.807) is 0 Å². The maximum atomic E-state index is 13.8. The van der Waals surface area contributed by atoms with E-state index in [-0.39, 0.29) is 14.8 Å². The van der Waals surface area contributed by atoms with Crippen molar-refractivity contribution in [2.75, 3.05) is 19.6 Å². The molecular formula is C12H15FIN4O4-. The molecule has 0 bridgehead atoms. The Bertz CT molecular complexity index is 625. The van der Waals surface area contributed by atoms with Crippen molar-refractivity contribution in [3.63, 3.8) is 0 Å². The van der Waals surface area contributed by atoms with Gasteiger partial charge in [-0.05, 0) is 0 Å². The molecule has 1 aromatic carbocycles. The van der Waals surface area contributed by atoms with E-state index < -0.39 is 42.8 Å². The zero-order valence-corrected chi connectivity index (χ0v) is 14.2. The zero-order chi connectivity index (χ0) is 16.5. The van der Waals surface area contributed by atoms with Crippen molar-refractivity contribution in [3.8, 4) is 0 Å². The van der Waals surface area contributed by atoms with E-state index in [9.17, 15) is 24.6 Å². The Morgan fingerprint density at radius 3 is 2.45 bits per heavy atom. The fourth-order valence-corrected chi connectivity index (χ4v) is 5.41. The second kappa shape index (κ2) is 6.38. The molecule has 1 aromatic rings. The van der Waals surface area contributed by atoms with Crippen LogP contribution in [-0.2, 0) is 0 Å². The van der Waals surface area contributed by atoms with E-state index in [1.165, 1.54) is 0 Å². The summed E-state index contributed by atoms with van der Waals surface area (Å²) in [4.78, 5) is 20.2. The molecule has 0 amide bonds. The Morgan fingerprint density at radius 1 is 1.27 bits per heavy atom. The standard InChI is InChI=1S/C12H15FIN4O4/c1-12(2)7-16(4-3-15-12)14-9-5-8(13)10(17(19)20)6-11(9)18(21)22/h5-6,15H,3-4,7H2,1-2H3/q-1. The van der Waals surface area contributed by atoms with Crippen LogP contribution in [0.3, 0.4) is 0 Å². The number of halogens is 2. The monoisotopic (exact) mass is 425 g/mol. The summed E-state index contributed by atoms with van der Waals surface area (Å²) in [7, 11) is 0. The number of piperazine rings is 1. The van der Waals surface area contributed by atoms with Crippen LogP contribution in [0.4, 0.5) is 15.8 Å². The minimum absolute atomic E-state index is 0.119. The van der Waals surface area contributed by atoms with E-state index in [0.717, 1.165) is 18.7 Å².